The molecule has 0 radical (unpaired) electrons. The second-order valence-electron chi connectivity index (χ2n) is 6.93. The summed E-state index contributed by atoms with van der Waals surface area (Å²) in [6.07, 6.45) is 4.10. The first-order valence-corrected chi connectivity index (χ1v) is 9.06. The molecule has 2 atom stereocenters. The molecule has 1 aliphatic heterocycles. The minimum Gasteiger partial charge on any atom is -0.453 e. The van der Waals surface area contributed by atoms with Gasteiger partial charge in [0.15, 0.2) is 0 Å². The number of imidazole rings is 1. The van der Waals surface area contributed by atoms with E-state index in [1.165, 1.54) is 7.11 Å². The van der Waals surface area contributed by atoms with Gasteiger partial charge in [-0.1, -0.05) is 6.92 Å². The van der Waals surface area contributed by atoms with Gasteiger partial charge >= 0.3 is 6.09 Å². The number of methoxy groups -OCH3 is 1. The number of aromatic amines is 1. The van der Waals surface area contributed by atoms with Crippen molar-refractivity contribution in [3.05, 3.63) is 30.2 Å². The van der Waals surface area contributed by atoms with E-state index in [1.54, 1.807) is 18.3 Å². The lowest BCUT2D eigenvalue weighted by Crippen LogP contribution is -2.15. The van der Waals surface area contributed by atoms with E-state index < -0.39 is 6.09 Å². The lowest BCUT2D eigenvalue weighted by molar-refractivity contribution is -0.116. The summed E-state index contributed by atoms with van der Waals surface area (Å²) in [5.74, 6) is 1.05. The molecule has 1 unspecified atom stereocenters. The van der Waals surface area contributed by atoms with Crippen molar-refractivity contribution in [3.63, 3.8) is 0 Å². The molecule has 0 spiro atoms. The number of H-pyrrole nitrogens is 1. The molecule has 1 aromatic carbocycles. The van der Waals surface area contributed by atoms with Gasteiger partial charge in [-0.05, 0) is 43.4 Å². The summed E-state index contributed by atoms with van der Waals surface area (Å²) in [5.41, 5.74) is 8.91. The van der Waals surface area contributed by atoms with Gasteiger partial charge in [0.1, 0.15) is 5.82 Å². The first-order chi connectivity index (χ1) is 13.0. The quantitative estimate of drug-likeness (QED) is 0.612. The molecule has 2 bridgehead atoms. The molecule has 0 aliphatic carbocycles. The number of benzene rings is 1. The second-order valence-corrected chi connectivity index (χ2v) is 6.93. The Morgan fingerprint density at radius 2 is 2.15 bits per heavy atom. The minimum absolute atomic E-state index is 0.0680. The van der Waals surface area contributed by atoms with Gasteiger partial charge in [-0.15, -0.1) is 0 Å². The van der Waals surface area contributed by atoms with E-state index in [0.717, 1.165) is 36.3 Å². The van der Waals surface area contributed by atoms with E-state index in [9.17, 15) is 9.59 Å². The third kappa shape index (κ3) is 4.65. The highest BCUT2D eigenvalue weighted by molar-refractivity contribution is 5.97. The zero-order valence-electron chi connectivity index (χ0n) is 15.5. The van der Waals surface area contributed by atoms with Crippen LogP contribution in [0.3, 0.4) is 0 Å². The largest absolute Gasteiger partial charge is 0.453 e. The van der Waals surface area contributed by atoms with Gasteiger partial charge in [0.2, 0.25) is 5.91 Å². The number of nitrogens with one attached hydrogen (secondary N) is 3. The topological polar surface area (TPSA) is 122 Å². The van der Waals surface area contributed by atoms with E-state index in [-0.39, 0.29) is 11.9 Å². The third-order valence-corrected chi connectivity index (χ3v) is 4.80. The fourth-order valence-corrected chi connectivity index (χ4v) is 3.13. The fraction of sp³-hybridized carbons (Fsp3) is 0.421. The molecule has 2 aromatic rings. The zero-order valence-corrected chi connectivity index (χ0v) is 15.5. The van der Waals surface area contributed by atoms with Gasteiger partial charge in [0, 0.05) is 17.7 Å². The molecule has 2 heterocycles. The molecule has 8 nitrogen and oxygen atoms in total. The Hall–Kier alpha value is -2.87. The van der Waals surface area contributed by atoms with Crippen LogP contribution in [0.15, 0.2) is 24.4 Å². The molecular weight excluding hydrogens is 346 g/mol. The zero-order chi connectivity index (χ0) is 19.4. The Morgan fingerprint density at radius 3 is 2.93 bits per heavy atom. The average molecular weight is 371 g/mol. The summed E-state index contributed by atoms with van der Waals surface area (Å²) in [4.78, 5) is 31.6. The van der Waals surface area contributed by atoms with Gasteiger partial charge in [0.05, 0.1) is 30.7 Å². The summed E-state index contributed by atoms with van der Waals surface area (Å²) in [7, 11) is 1.30. The summed E-state index contributed by atoms with van der Waals surface area (Å²) < 4.78 is 4.62. The predicted octanol–water partition coefficient (Wildman–Crippen LogP) is 3.40. The molecule has 0 saturated heterocycles. The highest BCUT2D eigenvalue weighted by atomic mass is 16.5. The van der Waals surface area contributed by atoms with Crippen LogP contribution in [0.1, 0.15) is 44.5 Å². The Labute approximate surface area is 157 Å². The van der Waals surface area contributed by atoms with Gasteiger partial charge in [-0.3, -0.25) is 10.1 Å². The number of rotatable bonds is 1. The summed E-state index contributed by atoms with van der Waals surface area (Å²) in [6, 6.07) is 5.08. The van der Waals surface area contributed by atoms with Crippen molar-refractivity contribution >= 4 is 23.4 Å². The molecule has 1 aliphatic rings. The van der Waals surface area contributed by atoms with E-state index in [4.69, 9.17) is 5.73 Å². The van der Waals surface area contributed by atoms with Crippen molar-refractivity contribution in [3.8, 4) is 11.3 Å². The SMILES string of the molecule is COC(=O)Nc1ccc2c(c1)NC(=O)CCC(C)CC[C@H](N)c1ncc-2[nH]1. The van der Waals surface area contributed by atoms with Gasteiger partial charge in [0.25, 0.3) is 0 Å². The summed E-state index contributed by atoms with van der Waals surface area (Å²) in [6.45, 7) is 2.12. The van der Waals surface area contributed by atoms with E-state index in [1.807, 2.05) is 6.07 Å². The maximum Gasteiger partial charge on any atom is 0.411 e. The van der Waals surface area contributed by atoms with Crippen LogP contribution >= 0.6 is 0 Å². The number of hydrogen-bond acceptors (Lipinski definition) is 5. The monoisotopic (exact) mass is 371 g/mol. The molecule has 0 saturated carbocycles. The second kappa shape index (κ2) is 8.22. The van der Waals surface area contributed by atoms with E-state index in [0.29, 0.717) is 23.7 Å². The van der Waals surface area contributed by atoms with Gasteiger partial charge < -0.3 is 20.8 Å². The number of anilines is 2. The highest BCUT2D eigenvalue weighted by Crippen LogP contribution is 2.32. The number of fused-ring (bicyclic) bond motifs is 4. The Kier molecular flexibility index (Phi) is 5.75. The van der Waals surface area contributed by atoms with Crippen molar-refractivity contribution in [1.29, 1.82) is 0 Å². The molecule has 8 heteroatoms. The van der Waals surface area contributed by atoms with Crippen molar-refractivity contribution in [2.24, 2.45) is 11.7 Å². The highest BCUT2D eigenvalue weighted by Gasteiger charge is 2.18. The molecule has 144 valence electrons. The smallest absolute Gasteiger partial charge is 0.411 e. The number of amides is 2. The van der Waals surface area contributed by atoms with Crippen molar-refractivity contribution in [1.82, 2.24) is 9.97 Å². The number of carbonyl (C=O) groups is 2. The normalized spacial score (nSPS) is 20.3. The summed E-state index contributed by atoms with van der Waals surface area (Å²) in [5, 5.41) is 5.56. The van der Waals surface area contributed by atoms with Crippen molar-refractivity contribution in [2.75, 3.05) is 17.7 Å². The van der Waals surface area contributed by atoms with Crippen LogP contribution in [0, 0.1) is 5.92 Å². The molecule has 0 fully saturated rings. The van der Waals surface area contributed by atoms with Crippen LogP contribution in [0.25, 0.3) is 11.3 Å². The molecule has 3 rings (SSSR count). The van der Waals surface area contributed by atoms with Gasteiger partial charge in [-0.25, -0.2) is 9.78 Å². The Bertz CT molecular complexity index is 833. The van der Waals surface area contributed by atoms with E-state index in [2.05, 4.69) is 32.3 Å². The average Bonchev–Trinajstić information content (AvgIpc) is 3.14. The molecule has 5 N–H and O–H groups in total. The van der Waals surface area contributed by atoms with Crippen LogP contribution in [-0.4, -0.2) is 29.1 Å². The Balaban J connectivity index is 1.98. The number of hydrogen-bond donors (Lipinski definition) is 4. The number of ether oxygens (including phenoxy) is 1. The molecule has 2 amide bonds. The van der Waals surface area contributed by atoms with Crippen LogP contribution in [0.4, 0.5) is 16.2 Å². The molecule has 27 heavy (non-hydrogen) atoms. The third-order valence-electron chi connectivity index (χ3n) is 4.80. The summed E-state index contributed by atoms with van der Waals surface area (Å²) >= 11 is 0. The standard InChI is InChI=1S/C19H25N5O3/c1-11-3-7-14(20)18-21-10-16(24-18)13-6-5-12(22-19(26)27-2)9-15(13)23-17(25)8-4-11/h5-6,9-11,14H,3-4,7-8,20H2,1-2H3,(H,21,24)(H,22,26)(H,23,25)/t11?,14-/m0/s1. The molecular formula is C19H25N5O3. The van der Waals surface area contributed by atoms with Gasteiger partial charge in [-0.2, -0.15) is 0 Å². The number of carbonyl (C=O) groups excluding carboxylic acids is 2. The number of nitrogens with zero attached hydrogens (tertiary/aromatic N) is 1. The predicted molar refractivity (Wildman–Crippen MR) is 103 cm³/mol. The number of aromatic nitrogens is 2. The van der Waals surface area contributed by atoms with Crippen LogP contribution in [0.2, 0.25) is 0 Å². The van der Waals surface area contributed by atoms with Crippen molar-refractivity contribution in [2.45, 2.75) is 38.6 Å². The first-order valence-electron chi connectivity index (χ1n) is 9.06. The number of nitrogens with two attached hydrogens (primary N) is 1. The maximum atomic E-state index is 12.4. The van der Waals surface area contributed by atoms with Crippen LogP contribution in [0.5, 0.6) is 0 Å². The Morgan fingerprint density at radius 1 is 1.33 bits per heavy atom. The lowest BCUT2D eigenvalue weighted by Gasteiger charge is -2.14. The molecule has 1 aromatic heterocycles. The van der Waals surface area contributed by atoms with Crippen LogP contribution < -0.4 is 16.4 Å². The maximum absolute atomic E-state index is 12.4. The fourth-order valence-electron chi connectivity index (χ4n) is 3.13. The lowest BCUT2D eigenvalue weighted by atomic mass is 9.97. The first kappa shape index (κ1) is 18.9. The van der Waals surface area contributed by atoms with Crippen LogP contribution in [-0.2, 0) is 9.53 Å². The van der Waals surface area contributed by atoms with Crippen molar-refractivity contribution < 1.29 is 14.3 Å². The van der Waals surface area contributed by atoms with E-state index >= 15 is 0 Å². The minimum atomic E-state index is -0.574.